The summed E-state index contributed by atoms with van der Waals surface area (Å²) < 4.78 is 0. The first-order valence-electron chi connectivity index (χ1n) is 6.81. The predicted molar refractivity (Wildman–Crippen MR) is 80.9 cm³/mol. The van der Waals surface area contributed by atoms with Gasteiger partial charge in [-0.05, 0) is 43.2 Å². The minimum Gasteiger partial charge on any atom is -0.385 e. The van der Waals surface area contributed by atoms with Gasteiger partial charge < -0.3 is 10.6 Å². The number of pyridine rings is 1. The van der Waals surface area contributed by atoms with Crippen molar-refractivity contribution in [3.63, 3.8) is 0 Å². The van der Waals surface area contributed by atoms with Crippen LogP contribution in [0.25, 0.3) is 0 Å². The van der Waals surface area contributed by atoms with E-state index in [9.17, 15) is 4.79 Å². The highest BCUT2D eigenvalue weighted by Crippen LogP contribution is 2.14. The number of hydrogen-bond acceptors (Lipinski definition) is 3. The summed E-state index contributed by atoms with van der Waals surface area (Å²) in [5, 5.41) is 6.14. The summed E-state index contributed by atoms with van der Waals surface area (Å²) in [5.41, 5.74) is 2.72. The van der Waals surface area contributed by atoms with Crippen molar-refractivity contribution in [2.45, 2.75) is 13.3 Å². The van der Waals surface area contributed by atoms with Gasteiger partial charge in [0.05, 0.1) is 5.56 Å². The second kappa shape index (κ2) is 7.28. The minimum absolute atomic E-state index is 0.0457. The Labute approximate surface area is 119 Å². The number of rotatable bonds is 6. The van der Waals surface area contributed by atoms with E-state index in [0.29, 0.717) is 12.1 Å². The summed E-state index contributed by atoms with van der Waals surface area (Å²) in [4.78, 5) is 16.1. The molecule has 0 aliphatic heterocycles. The van der Waals surface area contributed by atoms with Gasteiger partial charge in [-0.2, -0.15) is 0 Å². The van der Waals surface area contributed by atoms with E-state index in [1.54, 1.807) is 12.4 Å². The van der Waals surface area contributed by atoms with Crippen LogP contribution < -0.4 is 10.6 Å². The lowest BCUT2D eigenvalue weighted by Crippen LogP contribution is -2.26. The van der Waals surface area contributed by atoms with Crippen LogP contribution in [0.3, 0.4) is 0 Å². The highest BCUT2D eigenvalue weighted by Gasteiger charge is 2.09. The van der Waals surface area contributed by atoms with Crippen LogP contribution >= 0.6 is 0 Å². The quantitative estimate of drug-likeness (QED) is 0.847. The number of hydrogen-bond donors (Lipinski definition) is 2. The van der Waals surface area contributed by atoms with E-state index in [2.05, 4.69) is 15.6 Å². The fraction of sp³-hybridized carbons (Fsp3) is 0.250. The van der Waals surface area contributed by atoms with Crippen LogP contribution in [0.5, 0.6) is 0 Å². The maximum Gasteiger partial charge on any atom is 0.253 e. The highest BCUT2D eigenvalue weighted by atomic mass is 16.1. The predicted octanol–water partition coefficient (Wildman–Crippen LogP) is 2.49. The van der Waals surface area contributed by atoms with Gasteiger partial charge in [-0.1, -0.05) is 12.1 Å². The van der Waals surface area contributed by atoms with Crippen molar-refractivity contribution < 1.29 is 4.79 Å². The van der Waals surface area contributed by atoms with E-state index in [4.69, 9.17) is 0 Å². The third-order valence-electron chi connectivity index (χ3n) is 2.99. The van der Waals surface area contributed by atoms with E-state index in [1.807, 2.05) is 43.3 Å². The molecular weight excluding hydrogens is 250 g/mol. The lowest BCUT2D eigenvalue weighted by Gasteiger charge is -2.10. The van der Waals surface area contributed by atoms with Crippen LogP contribution in [0.1, 0.15) is 22.8 Å². The molecule has 2 N–H and O–H groups in total. The molecule has 0 aliphatic rings. The first-order chi connectivity index (χ1) is 9.81. The molecule has 104 valence electrons. The first kappa shape index (κ1) is 14.1. The molecule has 0 unspecified atom stereocenters. The smallest absolute Gasteiger partial charge is 0.253 e. The van der Waals surface area contributed by atoms with Gasteiger partial charge in [0.15, 0.2) is 0 Å². The van der Waals surface area contributed by atoms with E-state index in [0.717, 1.165) is 18.7 Å². The van der Waals surface area contributed by atoms with Crippen LogP contribution in [-0.4, -0.2) is 24.0 Å². The molecule has 0 fully saturated rings. The molecule has 4 heteroatoms. The summed E-state index contributed by atoms with van der Waals surface area (Å²) in [5.74, 6) is -0.0457. The van der Waals surface area contributed by atoms with E-state index < -0.39 is 0 Å². The average molecular weight is 269 g/mol. The van der Waals surface area contributed by atoms with Gasteiger partial charge >= 0.3 is 0 Å². The molecule has 1 amide bonds. The van der Waals surface area contributed by atoms with Gasteiger partial charge in [0, 0.05) is 31.2 Å². The molecule has 4 nitrogen and oxygen atoms in total. The Bertz CT molecular complexity index is 555. The standard InChI is InChI=1S/C16H19N3O/c1-2-18-15-6-4-3-5-14(15)16(20)19-12-9-13-7-10-17-11-8-13/h3-8,10-11,18H,2,9,12H2,1H3,(H,19,20). The number of anilines is 1. The molecule has 1 heterocycles. The van der Waals surface area contributed by atoms with Crippen LogP contribution in [0, 0.1) is 0 Å². The van der Waals surface area contributed by atoms with Gasteiger partial charge in [-0.15, -0.1) is 0 Å². The minimum atomic E-state index is -0.0457. The summed E-state index contributed by atoms with van der Waals surface area (Å²) in [6.45, 7) is 3.42. The molecule has 0 saturated carbocycles. The Morgan fingerprint density at radius 1 is 1.15 bits per heavy atom. The zero-order valence-electron chi connectivity index (χ0n) is 11.6. The molecule has 0 aliphatic carbocycles. The van der Waals surface area contributed by atoms with Crippen molar-refractivity contribution in [3.05, 3.63) is 59.9 Å². The normalized spacial score (nSPS) is 10.1. The lowest BCUT2D eigenvalue weighted by atomic mass is 10.1. The fourth-order valence-corrected chi connectivity index (χ4v) is 1.99. The molecule has 0 atom stereocenters. The summed E-state index contributed by atoms with van der Waals surface area (Å²) in [6, 6.07) is 11.5. The Hall–Kier alpha value is -2.36. The third kappa shape index (κ3) is 3.82. The third-order valence-corrected chi connectivity index (χ3v) is 2.99. The van der Waals surface area contributed by atoms with E-state index in [-0.39, 0.29) is 5.91 Å². The highest BCUT2D eigenvalue weighted by molar-refractivity contribution is 5.99. The molecule has 2 aromatic rings. The van der Waals surface area contributed by atoms with E-state index in [1.165, 1.54) is 5.56 Å². The number of benzene rings is 1. The molecule has 0 saturated heterocycles. The summed E-state index contributed by atoms with van der Waals surface area (Å²) in [6.07, 6.45) is 4.33. The maximum absolute atomic E-state index is 12.2. The SMILES string of the molecule is CCNc1ccccc1C(=O)NCCc1ccncc1. The van der Waals surface area contributed by atoms with Crippen molar-refractivity contribution in [2.24, 2.45) is 0 Å². The zero-order valence-corrected chi connectivity index (χ0v) is 11.6. The molecule has 20 heavy (non-hydrogen) atoms. The molecule has 1 aromatic heterocycles. The first-order valence-corrected chi connectivity index (χ1v) is 6.81. The van der Waals surface area contributed by atoms with Crippen molar-refractivity contribution in [1.29, 1.82) is 0 Å². The van der Waals surface area contributed by atoms with Crippen LogP contribution in [0.4, 0.5) is 5.69 Å². The second-order valence-corrected chi connectivity index (χ2v) is 4.44. The fourth-order valence-electron chi connectivity index (χ4n) is 1.99. The Morgan fingerprint density at radius 3 is 2.65 bits per heavy atom. The van der Waals surface area contributed by atoms with Crippen LogP contribution in [0.2, 0.25) is 0 Å². The van der Waals surface area contributed by atoms with Gasteiger partial charge in [0.2, 0.25) is 0 Å². The average Bonchev–Trinajstić information content (AvgIpc) is 2.49. The molecule has 2 rings (SSSR count). The zero-order chi connectivity index (χ0) is 14.2. The van der Waals surface area contributed by atoms with Gasteiger partial charge in [-0.3, -0.25) is 9.78 Å². The summed E-state index contributed by atoms with van der Waals surface area (Å²) >= 11 is 0. The van der Waals surface area contributed by atoms with Crippen LogP contribution in [0.15, 0.2) is 48.8 Å². The second-order valence-electron chi connectivity index (χ2n) is 4.44. The molecule has 0 radical (unpaired) electrons. The number of aromatic nitrogens is 1. The number of carbonyl (C=O) groups is 1. The Morgan fingerprint density at radius 2 is 1.90 bits per heavy atom. The number of para-hydroxylation sites is 1. The Balaban J connectivity index is 1.92. The molecular formula is C16H19N3O. The van der Waals surface area contributed by atoms with Gasteiger partial charge in [0.1, 0.15) is 0 Å². The van der Waals surface area contributed by atoms with Gasteiger partial charge in [-0.25, -0.2) is 0 Å². The molecule has 0 spiro atoms. The van der Waals surface area contributed by atoms with Gasteiger partial charge in [0.25, 0.3) is 5.91 Å². The Kier molecular flexibility index (Phi) is 5.12. The number of nitrogens with zero attached hydrogens (tertiary/aromatic N) is 1. The largest absolute Gasteiger partial charge is 0.385 e. The van der Waals surface area contributed by atoms with E-state index >= 15 is 0 Å². The van der Waals surface area contributed by atoms with Crippen molar-refractivity contribution in [3.8, 4) is 0 Å². The monoisotopic (exact) mass is 269 g/mol. The molecule has 1 aromatic carbocycles. The lowest BCUT2D eigenvalue weighted by molar-refractivity contribution is 0.0955. The summed E-state index contributed by atoms with van der Waals surface area (Å²) in [7, 11) is 0. The number of nitrogens with one attached hydrogen (secondary N) is 2. The topological polar surface area (TPSA) is 54.0 Å². The van der Waals surface area contributed by atoms with Crippen molar-refractivity contribution in [2.75, 3.05) is 18.4 Å². The van der Waals surface area contributed by atoms with Crippen molar-refractivity contribution >= 4 is 11.6 Å². The number of carbonyl (C=O) groups excluding carboxylic acids is 1. The van der Waals surface area contributed by atoms with Crippen molar-refractivity contribution in [1.82, 2.24) is 10.3 Å². The maximum atomic E-state index is 12.2. The molecule has 0 bridgehead atoms. The van der Waals surface area contributed by atoms with Crippen LogP contribution in [-0.2, 0) is 6.42 Å². The number of amides is 1.